The smallest absolute Gasteiger partial charge is 0.0785 e. The second-order valence-corrected chi connectivity index (χ2v) is 26.0. The number of hydrogen-bond donors (Lipinski definition) is 0. The lowest BCUT2D eigenvalue weighted by molar-refractivity contribution is 0.849. The van der Waals surface area contributed by atoms with Crippen LogP contribution in [0.3, 0.4) is 0 Å². The molecule has 2 unspecified atom stereocenters. The second-order valence-electron chi connectivity index (χ2n) is 15.9. The van der Waals surface area contributed by atoms with E-state index in [-0.39, 0.29) is 12.1 Å². The highest BCUT2D eigenvalue weighted by Gasteiger charge is 2.31. The molecule has 0 bridgehead atoms. The van der Waals surface area contributed by atoms with E-state index in [4.69, 9.17) is 0 Å². The van der Waals surface area contributed by atoms with Gasteiger partial charge >= 0.3 is 0 Å². The van der Waals surface area contributed by atoms with E-state index in [1.54, 1.807) is 0 Å². The molecule has 0 heterocycles. The summed E-state index contributed by atoms with van der Waals surface area (Å²) in [7, 11) is -2.85. The molecule has 0 saturated heterocycles. The molecule has 4 heteroatoms. The molecule has 2 nitrogen and oxygen atoms in total. The van der Waals surface area contributed by atoms with Gasteiger partial charge in [-0.15, -0.1) is 0 Å². The SMILES string of the molecule is C[Si](C)(C)c1ccc(N(c2ccccc2)C2C=Cc3ccc4c5c(ccc2c35)C=CC4N(c2ccccc2)c2ccc([Si](C)(C)C)cc2)cc1. The normalized spacial score (nSPS) is 16.4. The van der Waals surface area contributed by atoms with Crippen molar-refractivity contribution < 1.29 is 0 Å². The minimum atomic E-state index is -1.42. The third kappa shape index (κ3) is 5.76. The third-order valence-electron chi connectivity index (χ3n) is 10.5. The Kier molecular flexibility index (Phi) is 8.05. The third-order valence-corrected chi connectivity index (χ3v) is 14.6. The molecule has 0 N–H and O–H groups in total. The molecule has 0 fully saturated rings. The van der Waals surface area contributed by atoms with Crippen molar-refractivity contribution in [2.24, 2.45) is 0 Å². The van der Waals surface area contributed by atoms with Gasteiger partial charge in [-0.2, -0.15) is 0 Å². The van der Waals surface area contributed by atoms with Crippen molar-refractivity contribution in [3.8, 4) is 0 Å². The average molecular weight is 683 g/mol. The van der Waals surface area contributed by atoms with Crippen LogP contribution in [0.2, 0.25) is 39.3 Å². The molecule has 50 heavy (non-hydrogen) atoms. The fraction of sp³-hybridized carbons (Fsp3) is 0.174. The first-order valence-electron chi connectivity index (χ1n) is 17.9. The first-order chi connectivity index (χ1) is 24.1. The molecule has 0 aromatic heterocycles. The van der Waals surface area contributed by atoms with E-state index in [2.05, 4.69) is 207 Å². The Morgan fingerprint density at radius 3 is 1.06 bits per heavy atom. The lowest BCUT2D eigenvalue weighted by Gasteiger charge is -2.38. The van der Waals surface area contributed by atoms with E-state index >= 15 is 0 Å². The Labute approximate surface area is 300 Å². The fourth-order valence-electron chi connectivity index (χ4n) is 7.78. The van der Waals surface area contributed by atoms with Gasteiger partial charge in [0.15, 0.2) is 0 Å². The van der Waals surface area contributed by atoms with Crippen LogP contribution in [0.25, 0.3) is 22.9 Å². The van der Waals surface area contributed by atoms with Crippen LogP contribution in [0.5, 0.6) is 0 Å². The minimum absolute atomic E-state index is 0.0515. The predicted molar refractivity (Wildman–Crippen MR) is 224 cm³/mol. The molecule has 0 aliphatic heterocycles. The van der Waals surface area contributed by atoms with Crippen molar-refractivity contribution in [2.45, 2.75) is 51.4 Å². The van der Waals surface area contributed by atoms with Gasteiger partial charge in [0.2, 0.25) is 0 Å². The molecule has 0 saturated carbocycles. The van der Waals surface area contributed by atoms with Crippen molar-refractivity contribution in [1.82, 2.24) is 0 Å². The van der Waals surface area contributed by atoms with Gasteiger partial charge in [-0.25, -0.2) is 0 Å². The summed E-state index contributed by atoms with van der Waals surface area (Å²) in [5.74, 6) is 0. The molecular weight excluding hydrogens is 637 g/mol. The summed E-state index contributed by atoms with van der Waals surface area (Å²) < 4.78 is 0. The first kappa shape index (κ1) is 32.3. The van der Waals surface area contributed by atoms with Gasteiger partial charge in [0.05, 0.1) is 28.2 Å². The Morgan fingerprint density at radius 2 is 0.720 bits per heavy atom. The molecule has 2 aliphatic rings. The monoisotopic (exact) mass is 682 g/mol. The van der Waals surface area contributed by atoms with Crippen LogP contribution in [0.1, 0.15) is 34.3 Å². The van der Waals surface area contributed by atoms with E-state index in [0.29, 0.717) is 0 Å². The summed E-state index contributed by atoms with van der Waals surface area (Å²) in [5.41, 5.74) is 10.1. The molecule has 6 aromatic carbocycles. The lowest BCUT2D eigenvalue weighted by atomic mass is 9.81. The van der Waals surface area contributed by atoms with Crippen molar-refractivity contribution >= 4 is 72.2 Å². The lowest BCUT2D eigenvalue weighted by Crippen LogP contribution is -2.37. The summed E-state index contributed by atoms with van der Waals surface area (Å²) in [6, 6.07) is 50.1. The molecule has 8 rings (SSSR count). The van der Waals surface area contributed by atoms with Gasteiger partial charge in [0, 0.05) is 22.7 Å². The predicted octanol–water partition coefficient (Wildman–Crippen LogP) is 11.7. The van der Waals surface area contributed by atoms with Crippen LogP contribution in [-0.2, 0) is 0 Å². The van der Waals surface area contributed by atoms with Crippen molar-refractivity contribution in [2.75, 3.05) is 9.80 Å². The Morgan fingerprint density at radius 1 is 0.380 bits per heavy atom. The van der Waals surface area contributed by atoms with Crippen LogP contribution < -0.4 is 20.2 Å². The molecule has 0 radical (unpaired) electrons. The second kappa shape index (κ2) is 12.5. The maximum atomic E-state index is 2.52. The maximum absolute atomic E-state index is 2.52. The molecule has 2 aliphatic carbocycles. The van der Waals surface area contributed by atoms with E-state index in [1.807, 2.05) is 0 Å². The summed E-state index contributed by atoms with van der Waals surface area (Å²) in [6.45, 7) is 14.5. The highest BCUT2D eigenvalue weighted by Crippen LogP contribution is 2.48. The topological polar surface area (TPSA) is 6.48 Å². The molecule has 6 aromatic rings. The van der Waals surface area contributed by atoms with E-state index in [0.717, 1.165) is 0 Å². The Bertz CT molecular complexity index is 2060. The van der Waals surface area contributed by atoms with Crippen LogP contribution in [0.4, 0.5) is 22.7 Å². The zero-order valence-corrected chi connectivity index (χ0v) is 32.1. The van der Waals surface area contributed by atoms with Gasteiger partial charge in [-0.1, -0.05) is 159 Å². The van der Waals surface area contributed by atoms with Crippen molar-refractivity contribution in [1.29, 1.82) is 0 Å². The fourth-order valence-corrected chi connectivity index (χ4v) is 10.1. The summed E-state index contributed by atoms with van der Waals surface area (Å²) in [6.07, 6.45) is 9.49. The number of nitrogens with zero attached hydrogens (tertiary/aromatic N) is 2. The Hall–Kier alpha value is -4.91. The quantitative estimate of drug-likeness (QED) is 0.147. The van der Waals surface area contributed by atoms with Gasteiger partial charge < -0.3 is 9.80 Å². The molecule has 248 valence electrons. The molecule has 2 atom stereocenters. The highest BCUT2D eigenvalue weighted by atomic mass is 28.3. The van der Waals surface area contributed by atoms with Crippen LogP contribution in [0, 0.1) is 0 Å². The summed E-state index contributed by atoms with van der Waals surface area (Å²) in [5, 5.41) is 5.69. The van der Waals surface area contributed by atoms with E-state index < -0.39 is 16.1 Å². The first-order valence-corrected chi connectivity index (χ1v) is 24.9. The largest absolute Gasteiger partial charge is 0.330 e. The molecule has 0 spiro atoms. The van der Waals surface area contributed by atoms with Crippen molar-refractivity contribution in [3.63, 3.8) is 0 Å². The standard InChI is InChI=1S/C46H46N2Si2/c1-49(2,3)39-25-21-37(22-26-39)47(35-13-9-7-10-14-35)43-31-19-33-18-30-42-44(32-20-34-17-29-41(43)45(33)46(34)42)48(36-15-11-8-12-16-36)38-23-27-40(28-24-38)50(4,5)6/h7-32,43-44H,1-6H3. The average Bonchev–Trinajstić information content (AvgIpc) is 3.12. The number of anilines is 4. The minimum Gasteiger partial charge on any atom is -0.330 e. The number of hydrogen-bond acceptors (Lipinski definition) is 2. The van der Waals surface area contributed by atoms with E-state index in [1.165, 1.54) is 66.1 Å². The number of benzene rings is 6. The van der Waals surface area contributed by atoms with Gasteiger partial charge in [0.1, 0.15) is 0 Å². The van der Waals surface area contributed by atoms with Gasteiger partial charge in [0.25, 0.3) is 0 Å². The maximum Gasteiger partial charge on any atom is 0.0785 e. The molecular formula is C46H46N2Si2. The summed E-state index contributed by atoms with van der Waals surface area (Å²) >= 11 is 0. The highest BCUT2D eigenvalue weighted by molar-refractivity contribution is 6.89. The van der Waals surface area contributed by atoms with E-state index in [9.17, 15) is 0 Å². The Balaban J connectivity index is 1.28. The number of rotatable bonds is 8. The van der Waals surface area contributed by atoms with Crippen molar-refractivity contribution in [3.05, 3.63) is 168 Å². The summed E-state index contributed by atoms with van der Waals surface area (Å²) in [4.78, 5) is 5.04. The van der Waals surface area contributed by atoms with Gasteiger partial charge in [-0.05, 0) is 81.6 Å². The number of para-hydroxylation sites is 2. The zero-order valence-electron chi connectivity index (χ0n) is 30.1. The van der Waals surface area contributed by atoms with Crippen LogP contribution in [0.15, 0.2) is 146 Å². The van der Waals surface area contributed by atoms with Crippen LogP contribution in [-0.4, -0.2) is 16.1 Å². The zero-order chi connectivity index (χ0) is 34.6. The van der Waals surface area contributed by atoms with Gasteiger partial charge in [-0.3, -0.25) is 0 Å². The molecule has 0 amide bonds. The van der Waals surface area contributed by atoms with Crippen LogP contribution >= 0.6 is 0 Å².